The van der Waals surface area contributed by atoms with Gasteiger partial charge in [0.25, 0.3) is 5.91 Å². The number of carbonyl (C=O) groups excluding carboxylic acids is 1. The molecule has 0 bridgehead atoms. The number of aryl methyl sites for hydroxylation is 1. The van der Waals surface area contributed by atoms with E-state index < -0.39 is 17.2 Å². The first-order valence-electron chi connectivity index (χ1n) is 9.32. The second-order valence-corrected chi connectivity index (χ2v) is 6.84. The Morgan fingerprint density at radius 2 is 1.83 bits per heavy atom. The number of rotatable bonds is 7. The molecule has 29 heavy (non-hydrogen) atoms. The van der Waals surface area contributed by atoms with Gasteiger partial charge in [-0.1, -0.05) is 42.5 Å². The number of benzene rings is 2. The second kappa shape index (κ2) is 9.25. The van der Waals surface area contributed by atoms with Gasteiger partial charge < -0.3 is 10.2 Å². The number of amides is 1. The van der Waals surface area contributed by atoms with Crippen molar-refractivity contribution in [3.63, 3.8) is 0 Å². The van der Waals surface area contributed by atoms with Gasteiger partial charge in [0.1, 0.15) is 11.5 Å². The maximum absolute atomic E-state index is 14.1. The molecule has 0 spiro atoms. The molecule has 1 heterocycles. The monoisotopic (exact) mass is 394 g/mol. The summed E-state index contributed by atoms with van der Waals surface area (Å²) in [6.07, 6.45) is 0. The third-order valence-electron chi connectivity index (χ3n) is 4.48. The van der Waals surface area contributed by atoms with Gasteiger partial charge in [-0.25, -0.2) is 9.07 Å². The fraction of sp³-hybridized carbons (Fsp3) is 0.227. The second-order valence-electron chi connectivity index (χ2n) is 6.84. The molecule has 6 nitrogen and oxygen atoms in total. The van der Waals surface area contributed by atoms with Crippen molar-refractivity contribution in [1.82, 2.24) is 20.0 Å². The lowest BCUT2D eigenvalue weighted by Gasteiger charge is -2.17. The Hall–Kier alpha value is -3.32. The van der Waals surface area contributed by atoms with Gasteiger partial charge in [0.05, 0.1) is 0 Å². The maximum Gasteiger partial charge on any atom is 0.275 e. The van der Waals surface area contributed by atoms with Gasteiger partial charge in [-0.2, -0.15) is 5.10 Å². The van der Waals surface area contributed by atoms with Crippen molar-refractivity contribution in [3.05, 3.63) is 93.7 Å². The average Bonchev–Trinajstić information content (AvgIpc) is 2.69. The van der Waals surface area contributed by atoms with E-state index in [2.05, 4.69) is 15.3 Å². The molecule has 1 N–H and O–H groups in total. The van der Waals surface area contributed by atoms with Gasteiger partial charge in [-0.3, -0.25) is 9.59 Å². The number of para-hydroxylation sites is 1. The van der Waals surface area contributed by atoms with Crippen LogP contribution < -0.4 is 10.7 Å². The van der Waals surface area contributed by atoms with Gasteiger partial charge in [0.2, 0.25) is 5.43 Å². The van der Waals surface area contributed by atoms with Crippen LogP contribution in [0.1, 0.15) is 21.7 Å². The van der Waals surface area contributed by atoms with E-state index >= 15 is 0 Å². The molecule has 1 amide bonds. The van der Waals surface area contributed by atoms with Gasteiger partial charge in [0.15, 0.2) is 5.69 Å². The van der Waals surface area contributed by atoms with Crippen LogP contribution in [0.5, 0.6) is 0 Å². The van der Waals surface area contributed by atoms with Gasteiger partial charge >= 0.3 is 0 Å². The van der Waals surface area contributed by atoms with Crippen LogP contribution in [0, 0.1) is 12.7 Å². The van der Waals surface area contributed by atoms with Crippen molar-refractivity contribution in [2.24, 2.45) is 0 Å². The summed E-state index contributed by atoms with van der Waals surface area (Å²) in [5.74, 6) is -1.06. The number of hydrogen-bond donors (Lipinski definition) is 1. The molecule has 0 radical (unpaired) electrons. The Morgan fingerprint density at radius 3 is 2.55 bits per heavy atom. The molecule has 0 saturated carbocycles. The zero-order valence-corrected chi connectivity index (χ0v) is 16.4. The minimum absolute atomic E-state index is 0.182. The highest BCUT2D eigenvalue weighted by atomic mass is 19.1. The number of nitrogens with zero attached hydrogens (tertiary/aromatic N) is 3. The Balaban J connectivity index is 1.67. The maximum atomic E-state index is 14.1. The summed E-state index contributed by atoms with van der Waals surface area (Å²) in [7, 11) is 1.95. The Labute approximate surface area is 168 Å². The SMILES string of the molecule is Cc1cc(=O)c(C(=O)NCCN(C)Cc2ccccc2)nn1-c1ccccc1F. The molecule has 0 aliphatic rings. The molecule has 150 valence electrons. The standard InChI is InChI=1S/C22H23FN4O2/c1-16-14-20(28)21(25-27(16)19-11-7-6-10-18(19)23)22(29)24-12-13-26(2)15-17-8-4-3-5-9-17/h3-11,14H,12-13,15H2,1-2H3,(H,24,29). The number of likely N-dealkylation sites (N-methyl/N-ethyl adjacent to an activating group) is 1. The fourth-order valence-electron chi connectivity index (χ4n) is 2.99. The summed E-state index contributed by atoms with van der Waals surface area (Å²) in [4.78, 5) is 26.8. The lowest BCUT2D eigenvalue weighted by atomic mass is 10.2. The molecule has 0 atom stereocenters. The highest BCUT2D eigenvalue weighted by molar-refractivity contribution is 5.92. The van der Waals surface area contributed by atoms with Crippen LogP contribution in [0.25, 0.3) is 5.69 Å². The van der Waals surface area contributed by atoms with Crippen LogP contribution in [0.4, 0.5) is 4.39 Å². The summed E-state index contributed by atoms with van der Waals surface area (Å²) in [5.41, 5.74) is 1.05. The van der Waals surface area contributed by atoms with Gasteiger partial charge in [-0.05, 0) is 31.7 Å². The van der Waals surface area contributed by atoms with Crippen LogP contribution >= 0.6 is 0 Å². The zero-order valence-electron chi connectivity index (χ0n) is 16.4. The zero-order chi connectivity index (χ0) is 20.8. The summed E-state index contributed by atoms with van der Waals surface area (Å²) >= 11 is 0. The number of halogens is 1. The first kappa shape index (κ1) is 20.4. The smallest absolute Gasteiger partial charge is 0.275 e. The van der Waals surface area contributed by atoms with Crippen LogP contribution in [0.15, 0.2) is 65.5 Å². The van der Waals surface area contributed by atoms with Gasteiger partial charge in [0, 0.05) is 31.4 Å². The molecule has 1 aromatic heterocycles. The molecule has 0 aliphatic carbocycles. The summed E-state index contributed by atoms with van der Waals surface area (Å²) < 4.78 is 15.4. The van der Waals surface area contributed by atoms with Crippen molar-refractivity contribution >= 4 is 5.91 Å². The average molecular weight is 394 g/mol. The number of aromatic nitrogens is 2. The number of nitrogens with one attached hydrogen (secondary N) is 1. The van der Waals surface area contributed by atoms with Crippen LogP contribution in [0.2, 0.25) is 0 Å². The Kier molecular flexibility index (Phi) is 6.51. The normalized spacial score (nSPS) is 10.9. The Morgan fingerprint density at radius 1 is 1.14 bits per heavy atom. The van der Waals surface area contributed by atoms with E-state index in [0.717, 1.165) is 6.54 Å². The molecule has 0 aliphatic heterocycles. The lowest BCUT2D eigenvalue weighted by molar-refractivity contribution is 0.0941. The minimum atomic E-state index is -0.576. The number of carbonyl (C=O) groups is 1. The highest BCUT2D eigenvalue weighted by Gasteiger charge is 2.16. The number of hydrogen-bond acceptors (Lipinski definition) is 4. The van der Waals surface area contributed by atoms with Gasteiger partial charge in [-0.15, -0.1) is 0 Å². The predicted molar refractivity (Wildman–Crippen MR) is 110 cm³/mol. The Bertz CT molecular complexity index is 1050. The topological polar surface area (TPSA) is 67.2 Å². The third-order valence-corrected chi connectivity index (χ3v) is 4.48. The van der Waals surface area contributed by atoms with Crippen molar-refractivity contribution < 1.29 is 9.18 Å². The van der Waals surface area contributed by atoms with E-state index in [9.17, 15) is 14.0 Å². The molecule has 0 unspecified atom stereocenters. The van der Waals surface area contributed by atoms with Crippen LogP contribution in [-0.4, -0.2) is 40.7 Å². The van der Waals surface area contributed by atoms with Crippen molar-refractivity contribution in [3.8, 4) is 5.69 Å². The molecular weight excluding hydrogens is 371 g/mol. The molecule has 3 aromatic rings. The fourth-order valence-corrected chi connectivity index (χ4v) is 2.99. The van der Waals surface area contributed by atoms with E-state index in [4.69, 9.17) is 0 Å². The molecule has 7 heteroatoms. The summed E-state index contributed by atoms with van der Waals surface area (Å²) in [6, 6.07) is 17.4. The summed E-state index contributed by atoms with van der Waals surface area (Å²) in [6.45, 7) is 3.35. The summed E-state index contributed by atoms with van der Waals surface area (Å²) in [5, 5.41) is 6.83. The molecule has 0 fully saturated rings. The van der Waals surface area contributed by atoms with E-state index in [1.54, 1.807) is 25.1 Å². The molecule has 2 aromatic carbocycles. The quantitative estimate of drug-likeness (QED) is 0.669. The van der Waals surface area contributed by atoms with Crippen molar-refractivity contribution in [2.75, 3.05) is 20.1 Å². The minimum Gasteiger partial charge on any atom is -0.349 e. The first-order valence-corrected chi connectivity index (χ1v) is 9.32. The first-order chi connectivity index (χ1) is 14.0. The predicted octanol–water partition coefficient (Wildman–Crippen LogP) is 2.54. The lowest BCUT2D eigenvalue weighted by Crippen LogP contribution is -2.36. The molecule has 0 saturated heterocycles. The van der Waals surface area contributed by atoms with E-state index in [-0.39, 0.29) is 11.4 Å². The van der Waals surface area contributed by atoms with E-state index in [1.807, 2.05) is 37.4 Å². The van der Waals surface area contributed by atoms with Crippen molar-refractivity contribution in [1.29, 1.82) is 0 Å². The highest BCUT2D eigenvalue weighted by Crippen LogP contribution is 2.13. The molecule has 3 rings (SSSR count). The van der Waals surface area contributed by atoms with E-state index in [1.165, 1.54) is 22.4 Å². The van der Waals surface area contributed by atoms with Crippen molar-refractivity contribution in [2.45, 2.75) is 13.5 Å². The largest absolute Gasteiger partial charge is 0.349 e. The van der Waals surface area contributed by atoms with Crippen LogP contribution in [-0.2, 0) is 6.54 Å². The van der Waals surface area contributed by atoms with Crippen LogP contribution in [0.3, 0.4) is 0 Å². The molecular formula is C22H23FN4O2. The third kappa shape index (κ3) is 5.14. The van der Waals surface area contributed by atoms with E-state index in [0.29, 0.717) is 18.8 Å².